The lowest BCUT2D eigenvalue weighted by atomic mass is 10.2. The third-order valence-electron chi connectivity index (χ3n) is 2.41. The third-order valence-corrected chi connectivity index (χ3v) is 4.91. The Hall–Kier alpha value is -1.12. The Bertz CT molecular complexity index is 572. The first-order valence-corrected chi connectivity index (χ1v) is 7.81. The van der Waals surface area contributed by atoms with Crippen LogP contribution < -0.4 is 5.32 Å². The van der Waals surface area contributed by atoms with Gasteiger partial charge in [-0.25, -0.2) is 12.7 Å². The maximum Gasteiger partial charge on any atom is 0.251 e. The van der Waals surface area contributed by atoms with Crippen molar-refractivity contribution < 1.29 is 18.3 Å². The summed E-state index contributed by atoms with van der Waals surface area (Å²) in [4.78, 5) is 11.7. The molecule has 19 heavy (non-hydrogen) atoms. The average Bonchev–Trinajstić information content (AvgIpc) is 2.32. The van der Waals surface area contributed by atoms with Gasteiger partial charge in [0.25, 0.3) is 5.91 Å². The van der Waals surface area contributed by atoms with E-state index in [4.69, 9.17) is 0 Å². The van der Waals surface area contributed by atoms with Crippen LogP contribution in [0.1, 0.15) is 10.4 Å². The number of phenolic OH excluding ortho intramolecular Hbond substituents is 1. The van der Waals surface area contributed by atoms with Gasteiger partial charge in [-0.15, -0.1) is 0 Å². The summed E-state index contributed by atoms with van der Waals surface area (Å²) in [5.74, 6) is -0.654. The molecule has 1 aromatic carbocycles. The van der Waals surface area contributed by atoms with Gasteiger partial charge in [0.1, 0.15) is 5.75 Å². The summed E-state index contributed by atoms with van der Waals surface area (Å²) in [6.45, 7) is 0.0101. The highest BCUT2D eigenvalue weighted by molar-refractivity contribution is 9.10. The fraction of sp³-hybridized carbons (Fsp3) is 0.364. The number of nitrogens with one attached hydrogen (secondary N) is 1. The van der Waals surface area contributed by atoms with Crippen molar-refractivity contribution in [3.8, 4) is 5.75 Å². The number of carbonyl (C=O) groups is 1. The topological polar surface area (TPSA) is 86.7 Å². The molecule has 8 heteroatoms. The number of nitrogens with zero attached hydrogens (tertiary/aromatic N) is 1. The zero-order valence-electron chi connectivity index (χ0n) is 10.6. The van der Waals surface area contributed by atoms with E-state index in [1.54, 1.807) is 6.07 Å². The van der Waals surface area contributed by atoms with Gasteiger partial charge in [-0.2, -0.15) is 0 Å². The molecule has 0 heterocycles. The molecule has 0 unspecified atom stereocenters. The Balaban J connectivity index is 2.59. The molecule has 106 valence electrons. The van der Waals surface area contributed by atoms with E-state index in [1.165, 1.54) is 26.2 Å². The standard InChI is InChI=1S/C11H15BrN2O4S/c1-14(2)19(17,18)6-5-13-11(16)8-3-4-9(12)10(15)7-8/h3-4,7,15H,5-6H2,1-2H3,(H,13,16). The minimum Gasteiger partial charge on any atom is -0.507 e. The number of rotatable bonds is 5. The summed E-state index contributed by atoms with van der Waals surface area (Å²) in [5.41, 5.74) is 0.267. The molecular weight excluding hydrogens is 336 g/mol. The minimum absolute atomic E-state index is 0.0101. The molecule has 0 saturated heterocycles. The largest absolute Gasteiger partial charge is 0.507 e. The maximum atomic E-state index is 11.7. The van der Waals surface area contributed by atoms with Crippen LogP contribution in [0.5, 0.6) is 5.75 Å². The van der Waals surface area contributed by atoms with Gasteiger partial charge in [0.15, 0.2) is 0 Å². The molecule has 0 spiro atoms. The van der Waals surface area contributed by atoms with Crippen molar-refractivity contribution in [1.82, 2.24) is 9.62 Å². The third kappa shape index (κ3) is 4.48. The molecular formula is C11H15BrN2O4S. The van der Waals surface area contributed by atoms with Crippen LogP contribution in [0, 0.1) is 0 Å². The smallest absolute Gasteiger partial charge is 0.251 e. The Morgan fingerprint density at radius 2 is 2.05 bits per heavy atom. The Kier molecular flexibility index (Phi) is 5.33. The van der Waals surface area contributed by atoms with Crippen LogP contribution in [0.2, 0.25) is 0 Å². The highest BCUT2D eigenvalue weighted by Gasteiger charge is 2.14. The van der Waals surface area contributed by atoms with Crippen LogP contribution in [-0.2, 0) is 10.0 Å². The van der Waals surface area contributed by atoms with E-state index >= 15 is 0 Å². The van der Waals surface area contributed by atoms with Gasteiger partial charge in [-0.05, 0) is 34.1 Å². The van der Waals surface area contributed by atoms with Gasteiger partial charge in [-0.1, -0.05) is 0 Å². The molecule has 1 amide bonds. The van der Waals surface area contributed by atoms with Gasteiger partial charge in [0, 0.05) is 26.2 Å². The molecule has 1 aromatic rings. The molecule has 0 aliphatic carbocycles. The van der Waals surface area contributed by atoms with Gasteiger partial charge >= 0.3 is 0 Å². The lowest BCUT2D eigenvalue weighted by molar-refractivity contribution is 0.0955. The molecule has 0 aliphatic rings. The Morgan fingerprint density at radius 3 is 2.58 bits per heavy atom. The first kappa shape index (κ1) is 15.9. The molecule has 0 radical (unpaired) electrons. The van der Waals surface area contributed by atoms with Crippen LogP contribution in [-0.4, -0.2) is 50.1 Å². The first-order valence-electron chi connectivity index (χ1n) is 5.41. The van der Waals surface area contributed by atoms with Crippen LogP contribution in [0.25, 0.3) is 0 Å². The summed E-state index contributed by atoms with van der Waals surface area (Å²) in [5, 5.41) is 11.9. The molecule has 0 atom stereocenters. The number of amides is 1. The summed E-state index contributed by atoms with van der Waals surface area (Å²) >= 11 is 3.11. The molecule has 1 rings (SSSR count). The number of benzene rings is 1. The van der Waals surface area contributed by atoms with E-state index in [2.05, 4.69) is 21.2 Å². The van der Waals surface area contributed by atoms with E-state index in [1.807, 2.05) is 0 Å². The van der Waals surface area contributed by atoms with Crippen molar-refractivity contribution in [1.29, 1.82) is 0 Å². The zero-order valence-corrected chi connectivity index (χ0v) is 13.0. The monoisotopic (exact) mass is 350 g/mol. The normalized spacial score (nSPS) is 11.6. The number of phenols is 1. The second-order valence-corrected chi connectivity index (χ2v) is 7.18. The number of halogens is 1. The molecule has 0 aliphatic heterocycles. The maximum absolute atomic E-state index is 11.7. The van der Waals surface area contributed by atoms with Crippen LogP contribution in [0.15, 0.2) is 22.7 Å². The summed E-state index contributed by atoms with van der Waals surface area (Å²) in [7, 11) is -0.460. The highest BCUT2D eigenvalue weighted by atomic mass is 79.9. The summed E-state index contributed by atoms with van der Waals surface area (Å²) in [6.07, 6.45) is 0. The average molecular weight is 351 g/mol. The van der Waals surface area contributed by atoms with Gasteiger partial charge in [0.05, 0.1) is 10.2 Å². The van der Waals surface area contributed by atoms with E-state index in [0.29, 0.717) is 4.47 Å². The SMILES string of the molecule is CN(C)S(=O)(=O)CCNC(=O)c1ccc(Br)c(O)c1. The van der Waals surface area contributed by atoms with Crippen molar-refractivity contribution in [2.75, 3.05) is 26.4 Å². The summed E-state index contributed by atoms with van der Waals surface area (Å²) < 4.78 is 24.5. The van der Waals surface area contributed by atoms with E-state index < -0.39 is 15.9 Å². The number of sulfonamides is 1. The number of hydrogen-bond acceptors (Lipinski definition) is 4. The van der Waals surface area contributed by atoms with Gasteiger partial charge < -0.3 is 10.4 Å². The van der Waals surface area contributed by atoms with Crippen molar-refractivity contribution in [2.24, 2.45) is 0 Å². The second kappa shape index (κ2) is 6.36. The van der Waals surface area contributed by atoms with Crippen LogP contribution in [0.3, 0.4) is 0 Å². The van der Waals surface area contributed by atoms with Crippen LogP contribution >= 0.6 is 15.9 Å². The van der Waals surface area contributed by atoms with Gasteiger partial charge in [-0.3, -0.25) is 4.79 Å². The lowest BCUT2D eigenvalue weighted by Gasteiger charge is -2.11. The molecule has 0 fully saturated rings. The predicted molar refractivity (Wildman–Crippen MR) is 75.6 cm³/mol. The number of aromatic hydroxyl groups is 1. The van der Waals surface area contributed by atoms with Crippen molar-refractivity contribution in [3.63, 3.8) is 0 Å². The van der Waals surface area contributed by atoms with Crippen LogP contribution in [0.4, 0.5) is 0 Å². The molecule has 0 saturated carbocycles. The van der Waals surface area contributed by atoms with Crippen molar-refractivity contribution in [2.45, 2.75) is 0 Å². The molecule has 2 N–H and O–H groups in total. The van der Waals surface area contributed by atoms with E-state index in [-0.39, 0.29) is 23.6 Å². The number of hydrogen-bond donors (Lipinski definition) is 2. The van der Waals surface area contributed by atoms with E-state index in [0.717, 1.165) is 4.31 Å². The molecule has 0 bridgehead atoms. The highest BCUT2D eigenvalue weighted by Crippen LogP contribution is 2.24. The predicted octanol–water partition coefficient (Wildman–Crippen LogP) is 0.776. The minimum atomic E-state index is -3.33. The van der Waals surface area contributed by atoms with Gasteiger partial charge in [0.2, 0.25) is 10.0 Å². The second-order valence-electron chi connectivity index (χ2n) is 4.02. The fourth-order valence-electron chi connectivity index (χ4n) is 1.23. The Labute approximate surface area is 120 Å². The first-order chi connectivity index (χ1) is 8.74. The lowest BCUT2D eigenvalue weighted by Crippen LogP contribution is -2.33. The van der Waals surface area contributed by atoms with Crippen molar-refractivity contribution >= 4 is 31.9 Å². The zero-order chi connectivity index (χ0) is 14.6. The summed E-state index contributed by atoms with van der Waals surface area (Å²) in [6, 6.07) is 4.38. The quantitative estimate of drug-likeness (QED) is 0.821. The molecule has 0 aromatic heterocycles. The van der Waals surface area contributed by atoms with E-state index in [9.17, 15) is 18.3 Å². The van der Waals surface area contributed by atoms with Crippen molar-refractivity contribution in [3.05, 3.63) is 28.2 Å². The number of carbonyl (C=O) groups excluding carboxylic acids is 1. The fourth-order valence-corrected chi connectivity index (χ4v) is 2.20. The molecule has 6 nitrogen and oxygen atoms in total. The Morgan fingerprint density at radius 1 is 1.42 bits per heavy atom.